The van der Waals surface area contributed by atoms with Gasteiger partial charge in [0.25, 0.3) is 0 Å². The number of fused-ring (bicyclic) bond motifs is 1. The Balaban J connectivity index is 1.57. The molecule has 0 saturated carbocycles. The summed E-state index contributed by atoms with van der Waals surface area (Å²) in [5, 5.41) is 14.7. The van der Waals surface area contributed by atoms with Crippen molar-refractivity contribution in [3.8, 4) is 5.75 Å². The van der Waals surface area contributed by atoms with Gasteiger partial charge < -0.3 is 15.4 Å². The first-order valence-corrected chi connectivity index (χ1v) is 8.59. The summed E-state index contributed by atoms with van der Waals surface area (Å²) in [4.78, 5) is 5.99. The van der Waals surface area contributed by atoms with Crippen LogP contribution in [0, 0.1) is 0 Å². The highest BCUT2D eigenvalue weighted by Gasteiger charge is 2.29. The van der Waals surface area contributed by atoms with Crippen molar-refractivity contribution in [2.75, 3.05) is 19.6 Å². The lowest BCUT2D eigenvalue weighted by molar-refractivity contribution is 0.107. The quantitative estimate of drug-likeness (QED) is 0.798. The predicted molar refractivity (Wildman–Crippen MR) is 89.2 cm³/mol. The van der Waals surface area contributed by atoms with E-state index in [0.717, 1.165) is 12.1 Å². The van der Waals surface area contributed by atoms with Crippen LogP contribution >= 0.6 is 0 Å². The number of phenols is 1. The predicted octanol–water partition coefficient (Wildman–Crippen LogP) is 3.15. The summed E-state index contributed by atoms with van der Waals surface area (Å²) < 4.78 is 0. The van der Waals surface area contributed by atoms with Crippen LogP contribution in [-0.4, -0.2) is 40.8 Å². The van der Waals surface area contributed by atoms with Gasteiger partial charge in [-0.05, 0) is 75.0 Å². The van der Waals surface area contributed by atoms with Crippen molar-refractivity contribution in [1.29, 1.82) is 0 Å². The molecule has 2 unspecified atom stereocenters. The number of aromatic amines is 1. The number of rotatable bonds is 2. The molecular formula is C18H25N3O. The molecule has 4 rings (SSSR count). The molecule has 3 N–H and O–H groups in total. The molecule has 0 bridgehead atoms. The molecule has 2 atom stereocenters. The number of hydrogen-bond acceptors (Lipinski definition) is 3. The van der Waals surface area contributed by atoms with Crippen molar-refractivity contribution in [2.24, 2.45) is 0 Å². The van der Waals surface area contributed by atoms with E-state index in [2.05, 4.69) is 21.4 Å². The molecule has 4 nitrogen and oxygen atoms in total. The molecule has 1 aromatic heterocycles. The molecule has 2 fully saturated rings. The molecule has 0 radical (unpaired) electrons. The van der Waals surface area contributed by atoms with Crippen molar-refractivity contribution in [1.82, 2.24) is 15.2 Å². The van der Waals surface area contributed by atoms with Crippen LogP contribution in [0.3, 0.4) is 0 Å². The lowest BCUT2D eigenvalue weighted by Crippen LogP contribution is -2.51. The van der Waals surface area contributed by atoms with Crippen LogP contribution in [0.1, 0.15) is 43.6 Å². The summed E-state index contributed by atoms with van der Waals surface area (Å²) >= 11 is 0. The molecule has 0 spiro atoms. The number of likely N-dealkylation sites (tertiary alicyclic amines) is 1. The molecule has 2 aromatic rings. The fraction of sp³-hybridized carbons (Fsp3) is 0.556. The van der Waals surface area contributed by atoms with Crippen molar-refractivity contribution < 1.29 is 5.11 Å². The first kappa shape index (κ1) is 14.1. The number of benzene rings is 1. The van der Waals surface area contributed by atoms with E-state index < -0.39 is 0 Å². The van der Waals surface area contributed by atoms with Gasteiger partial charge in [0.1, 0.15) is 5.75 Å². The van der Waals surface area contributed by atoms with Gasteiger partial charge in [0.2, 0.25) is 0 Å². The smallest absolute Gasteiger partial charge is 0.116 e. The van der Waals surface area contributed by atoms with Gasteiger partial charge in [-0.1, -0.05) is 6.42 Å². The van der Waals surface area contributed by atoms with E-state index in [1.54, 1.807) is 6.07 Å². The molecule has 2 aliphatic rings. The average Bonchev–Trinajstić information content (AvgIpc) is 2.99. The summed E-state index contributed by atoms with van der Waals surface area (Å²) in [6.45, 7) is 3.55. The van der Waals surface area contributed by atoms with Gasteiger partial charge in [0.15, 0.2) is 0 Å². The second-order valence-electron chi connectivity index (χ2n) is 6.76. The third-order valence-electron chi connectivity index (χ3n) is 5.35. The van der Waals surface area contributed by atoms with E-state index in [0.29, 0.717) is 17.8 Å². The maximum absolute atomic E-state index is 9.79. The number of hydrogen-bond donors (Lipinski definition) is 3. The Morgan fingerprint density at radius 1 is 1.14 bits per heavy atom. The zero-order valence-electron chi connectivity index (χ0n) is 13.0. The fourth-order valence-electron chi connectivity index (χ4n) is 4.15. The number of nitrogens with zero attached hydrogens (tertiary/aromatic N) is 1. The summed E-state index contributed by atoms with van der Waals surface area (Å²) in [6.07, 6.45) is 9.06. The van der Waals surface area contributed by atoms with Crippen LogP contribution in [0.15, 0.2) is 24.4 Å². The van der Waals surface area contributed by atoms with E-state index in [1.165, 1.54) is 56.1 Å². The van der Waals surface area contributed by atoms with Gasteiger partial charge in [-0.3, -0.25) is 4.90 Å². The molecule has 0 amide bonds. The highest BCUT2D eigenvalue weighted by Crippen LogP contribution is 2.35. The Bertz CT molecular complexity index is 645. The number of aromatic hydroxyl groups is 1. The number of piperidine rings is 2. The summed E-state index contributed by atoms with van der Waals surface area (Å²) in [5.41, 5.74) is 2.50. The van der Waals surface area contributed by atoms with E-state index in [-0.39, 0.29) is 0 Å². The lowest BCUT2D eigenvalue weighted by atomic mass is 9.87. The molecule has 4 heteroatoms. The monoisotopic (exact) mass is 299 g/mol. The van der Waals surface area contributed by atoms with Crippen molar-refractivity contribution in [2.45, 2.75) is 44.2 Å². The maximum Gasteiger partial charge on any atom is 0.116 e. The number of nitrogens with one attached hydrogen (secondary N) is 2. The Kier molecular flexibility index (Phi) is 3.80. The molecule has 0 aliphatic carbocycles. The number of aromatic nitrogens is 1. The van der Waals surface area contributed by atoms with Crippen LogP contribution in [0.4, 0.5) is 0 Å². The zero-order valence-corrected chi connectivity index (χ0v) is 13.0. The highest BCUT2D eigenvalue weighted by molar-refractivity contribution is 5.85. The standard InChI is InChI=1S/C18H25N3O/c22-14-4-5-17-15(11-14)16(12-20-17)13-6-7-19-18(10-13)21-8-2-1-3-9-21/h4-5,11-13,18-20,22H,1-3,6-10H2. The first-order valence-electron chi connectivity index (χ1n) is 8.59. The Morgan fingerprint density at radius 3 is 2.86 bits per heavy atom. The fourth-order valence-corrected chi connectivity index (χ4v) is 4.15. The largest absolute Gasteiger partial charge is 0.508 e. The van der Waals surface area contributed by atoms with Gasteiger partial charge in [-0.2, -0.15) is 0 Å². The third-order valence-corrected chi connectivity index (χ3v) is 5.35. The topological polar surface area (TPSA) is 51.3 Å². The molecule has 2 saturated heterocycles. The minimum Gasteiger partial charge on any atom is -0.508 e. The minimum atomic E-state index is 0.356. The molecule has 22 heavy (non-hydrogen) atoms. The number of phenolic OH excluding ortho intramolecular Hbond substituents is 1. The van der Waals surface area contributed by atoms with E-state index in [9.17, 15) is 5.11 Å². The van der Waals surface area contributed by atoms with Crippen LogP contribution in [0.5, 0.6) is 5.75 Å². The van der Waals surface area contributed by atoms with Gasteiger partial charge in [0.05, 0.1) is 6.17 Å². The highest BCUT2D eigenvalue weighted by atomic mass is 16.3. The molecule has 2 aliphatic heterocycles. The number of H-pyrrole nitrogens is 1. The average molecular weight is 299 g/mol. The van der Waals surface area contributed by atoms with Gasteiger partial charge in [0, 0.05) is 17.1 Å². The Labute approximate surface area is 131 Å². The second-order valence-corrected chi connectivity index (χ2v) is 6.76. The van der Waals surface area contributed by atoms with Crippen LogP contribution in [-0.2, 0) is 0 Å². The van der Waals surface area contributed by atoms with Crippen LogP contribution in [0.2, 0.25) is 0 Å². The van der Waals surface area contributed by atoms with Gasteiger partial charge >= 0.3 is 0 Å². The second kappa shape index (κ2) is 5.94. The summed E-state index contributed by atoms with van der Waals surface area (Å²) in [5.74, 6) is 0.929. The van der Waals surface area contributed by atoms with E-state index >= 15 is 0 Å². The Hall–Kier alpha value is -1.52. The SMILES string of the molecule is Oc1ccc2[nH]cc(C3CCNC(N4CCCCC4)C3)c2c1. The molecule has 1 aromatic carbocycles. The minimum absolute atomic E-state index is 0.356. The molecular weight excluding hydrogens is 274 g/mol. The van der Waals surface area contributed by atoms with Crippen molar-refractivity contribution >= 4 is 10.9 Å². The molecule has 3 heterocycles. The summed E-state index contributed by atoms with van der Waals surface area (Å²) in [7, 11) is 0. The van der Waals surface area contributed by atoms with Crippen LogP contribution < -0.4 is 5.32 Å². The van der Waals surface area contributed by atoms with E-state index in [4.69, 9.17) is 0 Å². The maximum atomic E-state index is 9.79. The summed E-state index contributed by atoms with van der Waals surface area (Å²) in [6, 6.07) is 5.62. The first-order chi connectivity index (χ1) is 10.8. The van der Waals surface area contributed by atoms with Gasteiger partial charge in [-0.15, -0.1) is 0 Å². The third kappa shape index (κ3) is 2.61. The van der Waals surface area contributed by atoms with Crippen molar-refractivity contribution in [3.63, 3.8) is 0 Å². The van der Waals surface area contributed by atoms with Crippen LogP contribution in [0.25, 0.3) is 10.9 Å². The van der Waals surface area contributed by atoms with Crippen molar-refractivity contribution in [3.05, 3.63) is 30.0 Å². The molecule has 118 valence electrons. The van der Waals surface area contributed by atoms with Gasteiger partial charge in [-0.25, -0.2) is 0 Å². The van der Waals surface area contributed by atoms with E-state index in [1.807, 2.05) is 12.1 Å². The zero-order chi connectivity index (χ0) is 14.9. The normalized spacial score (nSPS) is 27.3. The lowest BCUT2D eigenvalue weighted by Gasteiger charge is -2.40. The Morgan fingerprint density at radius 2 is 2.00 bits per heavy atom.